The molecule has 84 valence electrons. The quantitative estimate of drug-likeness (QED) is 0.862. The molecule has 1 heterocycles. The minimum atomic E-state index is 0.173. The summed E-state index contributed by atoms with van der Waals surface area (Å²) in [4.78, 5) is 8.26. The molecule has 0 aromatic carbocycles. The van der Waals surface area contributed by atoms with Crippen molar-refractivity contribution in [2.45, 2.75) is 26.3 Å². The summed E-state index contributed by atoms with van der Waals surface area (Å²) >= 11 is 3.28. The van der Waals surface area contributed by atoms with Crippen LogP contribution in [0.4, 0.5) is 5.95 Å². The highest BCUT2D eigenvalue weighted by Crippen LogP contribution is 2.12. The molecule has 1 rings (SSSR count). The number of anilines is 1. The standard InChI is InChI=1S/C10H16BrN3O/c1-7(2)9(3-4-15)14-10-12-5-8(11)6-13-10/h5-7,9,15H,3-4H2,1-2H3,(H,12,13,14)/t9-/m1/s1. The van der Waals surface area contributed by atoms with Gasteiger partial charge in [-0.1, -0.05) is 13.8 Å². The molecule has 5 heteroatoms. The van der Waals surface area contributed by atoms with Crippen molar-refractivity contribution in [2.75, 3.05) is 11.9 Å². The average Bonchev–Trinajstić information content (AvgIpc) is 2.20. The number of rotatable bonds is 5. The van der Waals surface area contributed by atoms with Gasteiger partial charge >= 0.3 is 0 Å². The Bertz CT molecular complexity index is 289. The molecule has 0 spiro atoms. The molecule has 2 N–H and O–H groups in total. The van der Waals surface area contributed by atoms with Gasteiger partial charge in [-0.3, -0.25) is 0 Å². The Hall–Kier alpha value is -0.680. The van der Waals surface area contributed by atoms with Crippen molar-refractivity contribution < 1.29 is 5.11 Å². The lowest BCUT2D eigenvalue weighted by Crippen LogP contribution is -2.27. The monoisotopic (exact) mass is 273 g/mol. The van der Waals surface area contributed by atoms with E-state index in [0.29, 0.717) is 18.3 Å². The van der Waals surface area contributed by atoms with E-state index in [4.69, 9.17) is 5.11 Å². The highest BCUT2D eigenvalue weighted by Gasteiger charge is 2.13. The number of aliphatic hydroxyl groups excluding tert-OH is 1. The van der Waals surface area contributed by atoms with Crippen LogP contribution in [0.2, 0.25) is 0 Å². The van der Waals surface area contributed by atoms with E-state index in [9.17, 15) is 0 Å². The first-order valence-electron chi connectivity index (χ1n) is 4.98. The van der Waals surface area contributed by atoms with E-state index in [-0.39, 0.29) is 12.6 Å². The Morgan fingerprint density at radius 3 is 2.47 bits per heavy atom. The molecule has 0 aliphatic heterocycles. The van der Waals surface area contributed by atoms with Crippen LogP contribution >= 0.6 is 15.9 Å². The van der Waals surface area contributed by atoms with Crippen LogP contribution in [0.1, 0.15) is 20.3 Å². The number of nitrogens with zero attached hydrogens (tertiary/aromatic N) is 2. The smallest absolute Gasteiger partial charge is 0.222 e. The number of aromatic nitrogens is 2. The highest BCUT2D eigenvalue weighted by atomic mass is 79.9. The molecule has 0 radical (unpaired) electrons. The zero-order valence-corrected chi connectivity index (χ0v) is 10.5. The molecule has 0 aliphatic rings. The van der Waals surface area contributed by atoms with E-state index < -0.39 is 0 Å². The summed E-state index contributed by atoms with van der Waals surface area (Å²) in [6, 6.07) is 0.205. The van der Waals surface area contributed by atoms with Crippen LogP contribution < -0.4 is 5.32 Å². The van der Waals surface area contributed by atoms with Crippen LogP contribution in [0.5, 0.6) is 0 Å². The first-order valence-corrected chi connectivity index (χ1v) is 5.77. The number of halogens is 1. The van der Waals surface area contributed by atoms with Gasteiger partial charge in [0.05, 0.1) is 4.47 Å². The summed E-state index contributed by atoms with van der Waals surface area (Å²) in [6.07, 6.45) is 4.11. The van der Waals surface area contributed by atoms with Gasteiger partial charge in [0.2, 0.25) is 5.95 Å². The summed E-state index contributed by atoms with van der Waals surface area (Å²) in [6.45, 7) is 4.38. The van der Waals surface area contributed by atoms with Crippen molar-refractivity contribution >= 4 is 21.9 Å². The topological polar surface area (TPSA) is 58.0 Å². The minimum Gasteiger partial charge on any atom is -0.396 e. The van der Waals surface area contributed by atoms with E-state index in [1.165, 1.54) is 0 Å². The van der Waals surface area contributed by atoms with Crippen LogP contribution in [0.15, 0.2) is 16.9 Å². The van der Waals surface area contributed by atoms with Crippen molar-refractivity contribution in [2.24, 2.45) is 5.92 Å². The Labute approximate surface area is 98.3 Å². The van der Waals surface area contributed by atoms with Gasteiger partial charge in [-0.15, -0.1) is 0 Å². The second kappa shape index (κ2) is 6.02. The first-order chi connectivity index (χ1) is 7.13. The summed E-state index contributed by atoms with van der Waals surface area (Å²) in [5, 5.41) is 12.1. The number of hydrogen-bond acceptors (Lipinski definition) is 4. The van der Waals surface area contributed by atoms with E-state index >= 15 is 0 Å². The first kappa shape index (κ1) is 12.4. The third-order valence-electron chi connectivity index (χ3n) is 2.18. The molecule has 0 unspecified atom stereocenters. The molecular weight excluding hydrogens is 258 g/mol. The average molecular weight is 274 g/mol. The van der Waals surface area contributed by atoms with E-state index in [0.717, 1.165) is 4.47 Å². The lowest BCUT2D eigenvalue weighted by molar-refractivity contribution is 0.267. The zero-order valence-electron chi connectivity index (χ0n) is 8.94. The molecular formula is C10H16BrN3O. The number of aliphatic hydroxyl groups is 1. The summed E-state index contributed by atoms with van der Waals surface area (Å²) in [5.41, 5.74) is 0. The van der Waals surface area contributed by atoms with Crippen molar-refractivity contribution in [1.82, 2.24) is 9.97 Å². The zero-order chi connectivity index (χ0) is 11.3. The third-order valence-corrected chi connectivity index (χ3v) is 2.59. The molecule has 1 aromatic rings. The maximum absolute atomic E-state index is 8.92. The Morgan fingerprint density at radius 2 is 2.00 bits per heavy atom. The van der Waals surface area contributed by atoms with Crippen molar-refractivity contribution in [3.05, 3.63) is 16.9 Å². The predicted octanol–water partition coefficient (Wildman–Crippen LogP) is 2.06. The molecule has 1 atom stereocenters. The van der Waals surface area contributed by atoms with Crippen molar-refractivity contribution in [1.29, 1.82) is 0 Å². The summed E-state index contributed by atoms with van der Waals surface area (Å²) in [7, 11) is 0. The van der Waals surface area contributed by atoms with Gasteiger partial charge < -0.3 is 10.4 Å². The van der Waals surface area contributed by atoms with Crippen LogP contribution in [-0.4, -0.2) is 27.7 Å². The fourth-order valence-corrected chi connectivity index (χ4v) is 1.47. The fourth-order valence-electron chi connectivity index (χ4n) is 1.26. The summed E-state index contributed by atoms with van der Waals surface area (Å²) in [5.74, 6) is 1.04. The molecule has 0 bridgehead atoms. The number of hydrogen-bond donors (Lipinski definition) is 2. The van der Waals surface area contributed by atoms with Crippen LogP contribution in [-0.2, 0) is 0 Å². The fraction of sp³-hybridized carbons (Fsp3) is 0.600. The largest absolute Gasteiger partial charge is 0.396 e. The van der Waals surface area contributed by atoms with Gasteiger partial charge in [0.1, 0.15) is 0 Å². The van der Waals surface area contributed by atoms with Crippen LogP contribution in [0.3, 0.4) is 0 Å². The molecule has 15 heavy (non-hydrogen) atoms. The summed E-state index contributed by atoms with van der Waals surface area (Å²) < 4.78 is 0.858. The molecule has 4 nitrogen and oxygen atoms in total. The number of nitrogens with one attached hydrogen (secondary N) is 1. The van der Waals surface area contributed by atoms with Gasteiger partial charge in [0.15, 0.2) is 0 Å². The molecule has 0 saturated carbocycles. The molecule has 0 aliphatic carbocycles. The van der Waals surface area contributed by atoms with Crippen LogP contribution in [0.25, 0.3) is 0 Å². The minimum absolute atomic E-state index is 0.173. The maximum atomic E-state index is 8.92. The molecule has 0 fully saturated rings. The lowest BCUT2D eigenvalue weighted by atomic mass is 10.0. The Morgan fingerprint density at radius 1 is 1.40 bits per heavy atom. The van der Waals surface area contributed by atoms with E-state index in [1.54, 1.807) is 12.4 Å². The van der Waals surface area contributed by atoms with Gasteiger partial charge in [0, 0.05) is 25.0 Å². The van der Waals surface area contributed by atoms with E-state index in [2.05, 4.69) is 45.1 Å². The van der Waals surface area contributed by atoms with Gasteiger partial charge in [-0.25, -0.2) is 9.97 Å². The van der Waals surface area contributed by atoms with Gasteiger partial charge in [-0.05, 0) is 28.3 Å². The van der Waals surface area contributed by atoms with Crippen LogP contribution in [0, 0.1) is 5.92 Å². The predicted molar refractivity (Wildman–Crippen MR) is 63.7 cm³/mol. The third kappa shape index (κ3) is 4.13. The maximum Gasteiger partial charge on any atom is 0.222 e. The van der Waals surface area contributed by atoms with Crippen molar-refractivity contribution in [3.8, 4) is 0 Å². The van der Waals surface area contributed by atoms with Gasteiger partial charge in [-0.2, -0.15) is 0 Å². The lowest BCUT2D eigenvalue weighted by Gasteiger charge is -2.21. The normalized spacial score (nSPS) is 12.9. The second-order valence-corrected chi connectivity index (χ2v) is 4.65. The SMILES string of the molecule is CC(C)[C@@H](CCO)Nc1ncc(Br)cn1. The van der Waals surface area contributed by atoms with E-state index in [1.807, 2.05) is 0 Å². The second-order valence-electron chi connectivity index (χ2n) is 3.73. The highest BCUT2D eigenvalue weighted by molar-refractivity contribution is 9.10. The molecule has 0 saturated heterocycles. The Kier molecular flexibility index (Phi) is 4.98. The Balaban J connectivity index is 2.61. The molecule has 1 aromatic heterocycles. The molecule has 0 amide bonds. The van der Waals surface area contributed by atoms with Gasteiger partial charge in [0.25, 0.3) is 0 Å². The van der Waals surface area contributed by atoms with Crippen molar-refractivity contribution in [3.63, 3.8) is 0 Å².